The number of aliphatic hydroxyl groups is 2. The molecule has 0 saturated heterocycles. The number of carbonyl (C=O) groups is 13. The number of carbonyl (C=O) groups excluding carboxylic acids is 12. The SMILES string of the molecule is CSCC[C@H](NC(=O)[C@H](CO)CC(=O)[C@H](CCCN=C(N)N)NC(=O)[C@@H](CC(=O)[C@H](CCCCN)NC(C)=O)CC(C)C)C(=O)C[C@H](C(=O)N[C@@H](CC(=O)O)C(=O)C[C@@H](CCCCN)C(=O)N[C@@H](Cc1ccc(O)cc1)C(=O)N[C@@H](CNCN=C(N)N)C(=O)N[C@@H](CC(C)C)C(N)=O)[C@@H](C)O. The topological polar surface area (TPSA) is 606 Å². The van der Waals surface area contributed by atoms with Crippen molar-refractivity contribution < 1.29 is 82.8 Å². The van der Waals surface area contributed by atoms with Crippen LogP contribution in [0.2, 0.25) is 0 Å². The van der Waals surface area contributed by atoms with Crippen LogP contribution in [-0.2, 0) is 68.7 Å². The lowest BCUT2D eigenvalue weighted by molar-refractivity contribution is -0.142. The molecular formula is C66H113N17O17S. The Morgan fingerprint density at radius 2 is 0.970 bits per heavy atom. The second kappa shape index (κ2) is 49.2. The molecule has 0 aliphatic heterocycles. The van der Waals surface area contributed by atoms with Gasteiger partial charge in [-0.3, -0.25) is 72.6 Å². The highest BCUT2D eigenvalue weighted by molar-refractivity contribution is 7.98. The predicted molar refractivity (Wildman–Crippen MR) is 380 cm³/mol. The zero-order valence-corrected chi connectivity index (χ0v) is 60.1. The van der Waals surface area contributed by atoms with E-state index in [1.807, 2.05) is 13.8 Å². The number of nitrogens with one attached hydrogen (secondary N) is 8. The van der Waals surface area contributed by atoms with Crippen LogP contribution < -0.4 is 82.7 Å². The van der Waals surface area contributed by atoms with Gasteiger partial charge in [-0.05, 0) is 126 Å². The number of carboxylic acids is 1. The molecule has 0 aliphatic carbocycles. The van der Waals surface area contributed by atoms with Gasteiger partial charge in [-0.25, -0.2) is 4.99 Å². The van der Waals surface area contributed by atoms with Gasteiger partial charge in [0.15, 0.2) is 35.1 Å². The lowest BCUT2D eigenvalue weighted by Gasteiger charge is -2.27. The number of aliphatic imine (C=N–C) groups is 2. The Morgan fingerprint density at radius 3 is 1.50 bits per heavy atom. The van der Waals surface area contributed by atoms with Gasteiger partial charge in [0.2, 0.25) is 47.3 Å². The van der Waals surface area contributed by atoms with E-state index in [9.17, 15) is 82.8 Å². The molecule has 0 spiro atoms. The number of nitrogens with two attached hydrogens (primary N) is 7. The summed E-state index contributed by atoms with van der Waals surface area (Å²) in [6.45, 7) is 8.76. The Bertz CT molecular complexity index is 2910. The molecule has 0 unspecified atom stereocenters. The molecule has 0 saturated carbocycles. The van der Waals surface area contributed by atoms with Gasteiger partial charge < -0.3 is 97.8 Å². The number of aliphatic carboxylic acids is 1. The van der Waals surface area contributed by atoms with Crippen LogP contribution in [0.5, 0.6) is 5.75 Å². The van der Waals surface area contributed by atoms with E-state index in [2.05, 4.69) is 52.5 Å². The first kappa shape index (κ1) is 90.6. The van der Waals surface area contributed by atoms with Gasteiger partial charge in [0.05, 0.1) is 61.8 Å². The molecule has 101 heavy (non-hydrogen) atoms. The number of benzene rings is 1. The maximum atomic E-state index is 14.6. The smallest absolute Gasteiger partial charge is 0.305 e. The van der Waals surface area contributed by atoms with Crippen LogP contribution in [0.25, 0.3) is 0 Å². The highest BCUT2D eigenvalue weighted by Crippen LogP contribution is 2.23. The molecule has 0 radical (unpaired) electrons. The van der Waals surface area contributed by atoms with Crippen molar-refractivity contribution >= 4 is 100 Å². The first-order valence-electron chi connectivity index (χ1n) is 34.1. The molecule has 1 aromatic rings. The number of primary amides is 1. The van der Waals surface area contributed by atoms with Crippen molar-refractivity contribution in [1.82, 2.24) is 42.5 Å². The number of hydrogen-bond donors (Lipinski definition) is 19. The van der Waals surface area contributed by atoms with E-state index in [-0.39, 0.29) is 126 Å². The van der Waals surface area contributed by atoms with Gasteiger partial charge in [-0.1, -0.05) is 46.2 Å². The summed E-state index contributed by atoms with van der Waals surface area (Å²) in [5.41, 5.74) is 39.4. The van der Waals surface area contributed by atoms with Crippen LogP contribution in [0, 0.1) is 35.5 Å². The number of nitrogens with zero attached hydrogens (tertiary/aromatic N) is 2. The normalized spacial score (nSPS) is 14.8. The number of guanidine groups is 2. The summed E-state index contributed by atoms with van der Waals surface area (Å²) >= 11 is 1.27. The molecular weight excluding hydrogens is 1330 g/mol. The largest absolute Gasteiger partial charge is 0.508 e. The third-order valence-corrected chi connectivity index (χ3v) is 16.9. The Hall–Kier alpha value is -8.38. The summed E-state index contributed by atoms with van der Waals surface area (Å²) in [4.78, 5) is 187. The van der Waals surface area contributed by atoms with E-state index in [1.165, 1.54) is 43.0 Å². The van der Waals surface area contributed by atoms with Gasteiger partial charge in [-0.15, -0.1) is 0 Å². The highest BCUT2D eigenvalue weighted by atomic mass is 32.2. The zero-order valence-electron chi connectivity index (χ0n) is 59.3. The summed E-state index contributed by atoms with van der Waals surface area (Å²) in [6.07, 6.45) is -1.52. The molecule has 1 aromatic carbocycles. The number of rotatable bonds is 55. The summed E-state index contributed by atoms with van der Waals surface area (Å²) < 4.78 is 0. The Kier molecular flexibility index (Phi) is 44.2. The van der Waals surface area contributed by atoms with Crippen molar-refractivity contribution in [3.05, 3.63) is 29.8 Å². The second-order valence-electron chi connectivity index (χ2n) is 26.0. The first-order chi connectivity index (χ1) is 47.6. The average Bonchev–Trinajstić information content (AvgIpc) is 0.858. The third-order valence-electron chi connectivity index (χ3n) is 16.3. The highest BCUT2D eigenvalue weighted by Gasteiger charge is 2.38. The molecule has 0 bridgehead atoms. The van der Waals surface area contributed by atoms with E-state index in [0.717, 1.165) is 6.92 Å². The second-order valence-corrected chi connectivity index (χ2v) is 27.0. The van der Waals surface area contributed by atoms with Crippen molar-refractivity contribution in [3.63, 3.8) is 0 Å². The van der Waals surface area contributed by atoms with E-state index >= 15 is 0 Å². The molecule has 0 heterocycles. The Balaban J connectivity index is 3.66. The Morgan fingerprint density at radius 1 is 0.505 bits per heavy atom. The fraction of sp³-hybridized carbons (Fsp3) is 0.682. The van der Waals surface area contributed by atoms with Gasteiger partial charge in [0, 0.05) is 64.0 Å². The molecule has 26 N–H and O–H groups in total. The molecule has 12 atom stereocenters. The van der Waals surface area contributed by atoms with E-state index in [0.29, 0.717) is 31.4 Å². The number of ketones is 4. The van der Waals surface area contributed by atoms with E-state index in [1.54, 1.807) is 20.1 Å². The minimum Gasteiger partial charge on any atom is -0.508 e. The molecule has 8 amide bonds. The summed E-state index contributed by atoms with van der Waals surface area (Å²) in [5, 5.41) is 62.7. The predicted octanol–water partition coefficient (Wildman–Crippen LogP) is -3.04. The number of thioether (sulfide) groups is 1. The van der Waals surface area contributed by atoms with Crippen molar-refractivity contribution in [2.45, 2.75) is 199 Å². The lowest BCUT2D eigenvalue weighted by atomic mass is 9.88. The van der Waals surface area contributed by atoms with Crippen LogP contribution in [-0.4, -0.2) is 209 Å². The van der Waals surface area contributed by atoms with E-state index in [4.69, 9.17) is 40.1 Å². The number of aliphatic hydroxyl groups excluding tert-OH is 2. The monoisotopic (exact) mass is 1450 g/mol. The lowest BCUT2D eigenvalue weighted by Crippen LogP contribution is -2.59. The molecule has 1 rings (SSSR count). The van der Waals surface area contributed by atoms with Crippen LogP contribution in [0.3, 0.4) is 0 Å². The maximum absolute atomic E-state index is 14.6. The van der Waals surface area contributed by atoms with Crippen LogP contribution in [0.15, 0.2) is 34.3 Å². The molecule has 34 nitrogen and oxygen atoms in total. The Labute approximate surface area is 594 Å². The van der Waals surface area contributed by atoms with Gasteiger partial charge in [0.25, 0.3) is 0 Å². The first-order valence-corrected chi connectivity index (χ1v) is 35.5. The van der Waals surface area contributed by atoms with Gasteiger partial charge >= 0.3 is 5.97 Å². The van der Waals surface area contributed by atoms with Crippen LogP contribution >= 0.6 is 11.8 Å². The summed E-state index contributed by atoms with van der Waals surface area (Å²) in [5.74, 6) is -17.5. The molecule has 35 heteroatoms. The minimum absolute atomic E-state index is 0.0326. The number of hydrogen-bond acceptors (Lipinski definition) is 22. The minimum atomic E-state index is -1.89. The molecule has 0 aliphatic rings. The number of phenolic OH excluding ortho intramolecular Hbond substituents is 1. The molecule has 570 valence electrons. The molecule has 0 fully saturated rings. The number of aromatic hydroxyl groups is 1. The van der Waals surface area contributed by atoms with Crippen molar-refractivity contribution in [2.24, 2.45) is 85.6 Å². The summed E-state index contributed by atoms with van der Waals surface area (Å²) in [7, 11) is 0. The van der Waals surface area contributed by atoms with Crippen molar-refractivity contribution in [2.75, 3.05) is 51.5 Å². The average molecular weight is 1450 g/mol. The van der Waals surface area contributed by atoms with Crippen molar-refractivity contribution in [3.8, 4) is 5.75 Å². The third kappa shape index (κ3) is 37.7. The quantitative estimate of drug-likeness (QED) is 0.0175. The zero-order chi connectivity index (χ0) is 76.5. The van der Waals surface area contributed by atoms with Gasteiger partial charge in [0.1, 0.15) is 23.9 Å². The number of unbranched alkanes of at least 4 members (excludes halogenated alkanes) is 2. The van der Waals surface area contributed by atoms with E-state index < -0.39 is 181 Å². The molecule has 0 aromatic heterocycles. The maximum Gasteiger partial charge on any atom is 0.305 e. The standard InChI is InChI=1S/C66H113N17O17S/c1-36(2)25-42(29-53(88)46(77-39(6)86)14-9-11-22-68)60(96)78-47(15-12-23-75-65(70)71)54(89)30-43(34-84)61(97)79-48(20-24-101-7)56(91)31-45(38(5)85)62(98)80-49(32-57(92)93)55(90)28-41(13-8-10-21-67)59(95)82-51(27-40-16-18-44(87)19-17-40)63(99)83-52(33-74-35-76-66(72)73)64(100)81-50(58(69)94)26-37(3)4/h16-19,36-38,41-43,45-52,74,84-85,87H,8-15,20-35,67-68H2,1-7H3,(H2,69,94)(H,77,86)(H,78,96)(H,79,97)(H,80,98)(H,81,100)(H,82,95)(H,83,99)(H,92,93)(H4,70,71,75)(H4,72,73,76)/t38-,41-,42-,43+,45+,46+,47+,48+,49+,50+,51+,52+/m1/s1. The number of phenols is 1. The van der Waals surface area contributed by atoms with Gasteiger partial charge in [-0.2, -0.15) is 11.8 Å². The fourth-order valence-electron chi connectivity index (χ4n) is 10.8. The van der Waals surface area contributed by atoms with Crippen molar-refractivity contribution in [1.29, 1.82) is 0 Å². The van der Waals surface area contributed by atoms with Crippen LogP contribution in [0.4, 0.5) is 0 Å². The summed E-state index contributed by atoms with van der Waals surface area (Å²) in [6, 6.07) is -4.09. The number of Topliss-reactive ketones (excluding diaryl/α,β-unsaturated/α-hetero) is 4. The fourth-order valence-corrected chi connectivity index (χ4v) is 11.3. The number of amides is 8. The van der Waals surface area contributed by atoms with Crippen LogP contribution in [0.1, 0.15) is 150 Å². The number of carboxylic acid groups (broad SMARTS) is 1.